The number of amides is 2. The van der Waals surface area contributed by atoms with Gasteiger partial charge in [-0.3, -0.25) is 0 Å². The fourth-order valence-electron chi connectivity index (χ4n) is 3.86. The van der Waals surface area contributed by atoms with Gasteiger partial charge < -0.3 is 25.9 Å². The van der Waals surface area contributed by atoms with Crippen LogP contribution < -0.4 is 21.1 Å². The van der Waals surface area contributed by atoms with Gasteiger partial charge in [0, 0.05) is 11.1 Å². The highest BCUT2D eigenvalue weighted by Crippen LogP contribution is 2.26. The highest BCUT2D eigenvalue weighted by atomic mass is 32.2. The molecular weight excluding hydrogens is 561 g/mol. The van der Waals surface area contributed by atoms with Gasteiger partial charge in [-0.1, -0.05) is 42.5 Å². The molecule has 1 atom stereocenters. The number of carbonyl (C=O) groups excluding carboxylic acids is 2. The van der Waals surface area contributed by atoms with E-state index in [2.05, 4.69) is 16.0 Å². The molecule has 0 saturated heterocycles. The van der Waals surface area contributed by atoms with Crippen molar-refractivity contribution < 1.29 is 50.4 Å². The number of alkyl halides is 3. The lowest BCUT2D eigenvalue weighted by atomic mass is 10.1. The van der Waals surface area contributed by atoms with Gasteiger partial charge in [-0.2, -0.15) is 13.2 Å². The number of carbonyl (C=O) groups is 2. The van der Waals surface area contributed by atoms with E-state index in [1.807, 2.05) is 42.5 Å². The van der Waals surface area contributed by atoms with Crippen molar-refractivity contribution in [2.75, 3.05) is 5.32 Å². The van der Waals surface area contributed by atoms with E-state index in [9.17, 15) is 35.2 Å². The summed E-state index contributed by atoms with van der Waals surface area (Å²) in [5.41, 5.74) is 2.89. The summed E-state index contributed by atoms with van der Waals surface area (Å²) in [5.74, 6) is -5.71. The lowest BCUT2D eigenvalue weighted by Crippen LogP contribution is -2.77. The van der Waals surface area contributed by atoms with Gasteiger partial charge in [-0.25, -0.2) is 22.0 Å². The number of halogens is 5. The standard InChI is InChI=1S/C24H23F2N3O3S.C2HF3O2/c1-15(17-5-3-2-4-6-17)28-24(30)29-23-21(25)10-20(11-22(23)26)33(31,32)14-16-7-8-18-12-27-13-19(18)9-16;3-2(4,5)1(6)7/h2-11,15,27H,12-14H2,1H3,(H2,28,29,30);(H,6,7). The first-order valence-electron chi connectivity index (χ1n) is 11.7. The quantitative estimate of drug-likeness (QED) is 0.383. The maximum absolute atomic E-state index is 14.6. The summed E-state index contributed by atoms with van der Waals surface area (Å²) in [6, 6.07) is 14.7. The van der Waals surface area contributed by atoms with Gasteiger partial charge in [0.1, 0.15) is 24.7 Å². The van der Waals surface area contributed by atoms with Gasteiger partial charge in [0.2, 0.25) is 0 Å². The Bertz CT molecular complexity index is 1480. The van der Waals surface area contributed by atoms with Crippen molar-refractivity contribution in [3.63, 3.8) is 0 Å². The molecule has 40 heavy (non-hydrogen) atoms. The Morgan fingerprint density at radius 2 is 1.55 bits per heavy atom. The van der Waals surface area contributed by atoms with Crippen LogP contribution in [0.4, 0.5) is 32.4 Å². The average Bonchev–Trinajstić information content (AvgIpc) is 3.34. The minimum absolute atomic E-state index is 0.374. The molecule has 8 nitrogen and oxygen atoms in total. The molecule has 14 heteroatoms. The highest BCUT2D eigenvalue weighted by Gasteiger charge is 2.29. The third kappa shape index (κ3) is 7.99. The summed E-state index contributed by atoms with van der Waals surface area (Å²) in [6.07, 6.45) is -5.19. The van der Waals surface area contributed by atoms with Crippen molar-refractivity contribution in [2.24, 2.45) is 0 Å². The molecule has 0 spiro atoms. The van der Waals surface area contributed by atoms with E-state index >= 15 is 0 Å². The molecule has 0 bridgehead atoms. The average molecular weight is 586 g/mol. The van der Waals surface area contributed by atoms with E-state index in [0.29, 0.717) is 5.56 Å². The summed E-state index contributed by atoms with van der Waals surface area (Å²) in [6.45, 7) is 3.36. The van der Waals surface area contributed by atoms with Gasteiger partial charge in [0.05, 0.1) is 16.7 Å². The lowest BCUT2D eigenvalue weighted by molar-refractivity contribution is -0.676. The molecule has 3 aromatic rings. The van der Waals surface area contributed by atoms with E-state index in [-0.39, 0.29) is 5.75 Å². The second-order valence-electron chi connectivity index (χ2n) is 8.84. The highest BCUT2D eigenvalue weighted by molar-refractivity contribution is 7.90. The van der Waals surface area contributed by atoms with E-state index in [4.69, 9.17) is 9.90 Å². The normalized spacial score (nSPS) is 13.4. The van der Waals surface area contributed by atoms with Gasteiger partial charge >= 0.3 is 12.2 Å². The molecule has 0 aromatic heterocycles. The van der Waals surface area contributed by atoms with Crippen LogP contribution >= 0.6 is 0 Å². The SMILES string of the molecule is CC(NC(=O)Nc1c(F)cc(S(=O)(=O)Cc2ccc3c(c2)C[NH2+]C3)cc1F)c1ccccc1.O=C([O-])C(F)(F)F. The Morgan fingerprint density at radius 3 is 2.12 bits per heavy atom. The zero-order valence-corrected chi connectivity index (χ0v) is 21.7. The second kappa shape index (κ2) is 12.4. The summed E-state index contributed by atoms with van der Waals surface area (Å²) in [4.78, 5) is 20.5. The Hall–Kier alpha value is -4.04. The summed E-state index contributed by atoms with van der Waals surface area (Å²) in [7, 11) is -3.99. The van der Waals surface area contributed by atoms with Crippen LogP contribution in [0.2, 0.25) is 0 Å². The fraction of sp³-hybridized carbons (Fsp3) is 0.231. The molecule has 3 aromatic carbocycles. The molecule has 1 heterocycles. The Morgan fingerprint density at radius 1 is 0.975 bits per heavy atom. The fourth-order valence-corrected chi connectivity index (χ4v) is 5.22. The number of benzene rings is 3. The lowest BCUT2D eigenvalue weighted by Gasteiger charge is -2.16. The third-order valence-corrected chi connectivity index (χ3v) is 7.52. The summed E-state index contributed by atoms with van der Waals surface area (Å²) < 4.78 is 86.4. The first kappa shape index (κ1) is 30.5. The number of nitrogens with two attached hydrogens (primary N) is 1. The minimum atomic E-state index is -5.19. The number of hydrogen-bond donors (Lipinski definition) is 3. The van der Waals surface area contributed by atoms with E-state index < -0.39 is 56.3 Å². The van der Waals surface area contributed by atoms with Gasteiger partial charge in [-0.05, 0) is 36.2 Å². The number of carboxylic acid groups (broad SMARTS) is 1. The number of sulfone groups is 1. The van der Waals surface area contributed by atoms with Crippen LogP contribution in [0.1, 0.15) is 35.2 Å². The van der Waals surface area contributed by atoms with E-state index in [0.717, 1.165) is 41.9 Å². The van der Waals surface area contributed by atoms with Crippen LogP contribution in [0.25, 0.3) is 0 Å². The van der Waals surface area contributed by atoms with E-state index in [1.54, 1.807) is 13.0 Å². The number of hydrogen-bond acceptors (Lipinski definition) is 5. The molecule has 2 amide bonds. The first-order chi connectivity index (χ1) is 18.7. The molecule has 1 aliphatic rings. The van der Waals surface area contributed by atoms with E-state index in [1.165, 1.54) is 0 Å². The second-order valence-corrected chi connectivity index (χ2v) is 10.8. The first-order valence-corrected chi connectivity index (χ1v) is 13.4. The maximum atomic E-state index is 14.6. The van der Waals surface area contributed by atoms with Crippen molar-refractivity contribution >= 4 is 27.5 Å². The van der Waals surface area contributed by atoms with Crippen molar-refractivity contribution in [2.45, 2.75) is 42.9 Å². The van der Waals surface area contributed by atoms with Crippen LogP contribution in [0.3, 0.4) is 0 Å². The maximum Gasteiger partial charge on any atom is 0.430 e. The summed E-state index contributed by atoms with van der Waals surface area (Å²) >= 11 is 0. The van der Waals surface area contributed by atoms with Gasteiger partial charge in [-0.15, -0.1) is 0 Å². The predicted molar refractivity (Wildman–Crippen MR) is 131 cm³/mol. The Balaban J connectivity index is 0.000000559. The third-order valence-electron chi connectivity index (χ3n) is 5.85. The zero-order valence-electron chi connectivity index (χ0n) is 20.9. The molecule has 1 unspecified atom stereocenters. The monoisotopic (exact) mass is 585 g/mol. The van der Waals surface area contributed by atoms with Crippen molar-refractivity contribution in [3.05, 3.63) is 94.6 Å². The number of urea groups is 1. The Labute approximate surface area is 226 Å². The molecule has 0 radical (unpaired) electrons. The number of carboxylic acids is 1. The molecule has 1 aliphatic heterocycles. The van der Waals surface area contributed by atoms with Crippen LogP contribution in [0, 0.1) is 11.6 Å². The number of anilines is 1. The predicted octanol–water partition coefficient (Wildman–Crippen LogP) is 2.70. The molecular formula is C26H24F5N3O5S. The van der Waals surface area contributed by atoms with Crippen LogP contribution in [0.5, 0.6) is 0 Å². The smallest absolute Gasteiger partial charge is 0.430 e. The molecule has 214 valence electrons. The molecule has 4 N–H and O–H groups in total. The van der Waals surface area contributed by atoms with Crippen molar-refractivity contribution in [1.29, 1.82) is 0 Å². The van der Waals surface area contributed by atoms with Crippen LogP contribution in [-0.2, 0) is 33.5 Å². The molecule has 0 aliphatic carbocycles. The zero-order chi connectivity index (χ0) is 29.7. The number of fused-ring (bicyclic) bond motifs is 1. The molecule has 4 rings (SSSR count). The summed E-state index contributed by atoms with van der Waals surface area (Å²) in [5, 5.41) is 15.6. The number of rotatable bonds is 6. The number of aliphatic carboxylic acids is 1. The minimum Gasteiger partial charge on any atom is -0.542 e. The van der Waals surface area contributed by atoms with Crippen molar-refractivity contribution in [3.8, 4) is 0 Å². The topological polar surface area (TPSA) is 132 Å². The van der Waals surface area contributed by atoms with Crippen molar-refractivity contribution in [1.82, 2.24) is 5.32 Å². The van der Waals surface area contributed by atoms with Crippen LogP contribution in [-0.4, -0.2) is 26.6 Å². The molecule has 0 saturated carbocycles. The Kier molecular flexibility index (Phi) is 9.48. The molecule has 0 fully saturated rings. The van der Waals surface area contributed by atoms with Gasteiger partial charge in [0.15, 0.2) is 21.5 Å². The number of quaternary nitrogens is 1. The largest absolute Gasteiger partial charge is 0.542 e. The van der Waals surface area contributed by atoms with Gasteiger partial charge in [0.25, 0.3) is 0 Å². The van der Waals surface area contributed by atoms with Crippen LogP contribution in [0.15, 0.2) is 65.6 Å². The number of nitrogens with one attached hydrogen (secondary N) is 2.